The standard InChI is InChI=1S/C63H36N4O2/c1-3-14-37(15-4-1)61-64-62(38-16-5-2-6-17-38)66-63(65-61)40-26-29-45-43-18-7-8-19-44(43)46-30-28-41(36-53(46)52(45)35-40)67-55-24-11-9-20-47(55)54-34-39(27-33-56(54)67)42-22-13-23-49-51-32-31-50-48-21-10-12-25-57(48)68-59(50)60(51)69-58(42)49/h1-36H. The van der Waals surface area contributed by atoms with E-state index < -0.39 is 0 Å². The van der Waals surface area contributed by atoms with Gasteiger partial charge in [-0.2, -0.15) is 0 Å². The van der Waals surface area contributed by atoms with Gasteiger partial charge in [0, 0.05) is 60.3 Å². The Hall–Kier alpha value is -9.39. The van der Waals surface area contributed by atoms with Gasteiger partial charge < -0.3 is 13.4 Å². The largest absolute Gasteiger partial charge is 0.452 e. The summed E-state index contributed by atoms with van der Waals surface area (Å²) in [6.45, 7) is 0. The van der Waals surface area contributed by atoms with Gasteiger partial charge in [0.25, 0.3) is 0 Å². The Morgan fingerprint density at radius 3 is 1.51 bits per heavy atom. The number of rotatable bonds is 5. The molecule has 0 bridgehead atoms. The Kier molecular flexibility index (Phi) is 7.97. The minimum atomic E-state index is 0.626. The topological polar surface area (TPSA) is 69.9 Å². The van der Waals surface area contributed by atoms with Crippen LogP contribution in [0.3, 0.4) is 0 Å². The molecule has 0 N–H and O–H groups in total. The minimum Gasteiger partial charge on any atom is -0.452 e. The molecule has 0 aliphatic heterocycles. The number of fused-ring (bicyclic) bond motifs is 16. The molecule has 11 aromatic carbocycles. The zero-order chi connectivity index (χ0) is 45.2. The van der Waals surface area contributed by atoms with E-state index in [2.05, 4.69) is 144 Å². The zero-order valence-corrected chi connectivity index (χ0v) is 36.9. The molecule has 4 heterocycles. The van der Waals surface area contributed by atoms with E-state index in [-0.39, 0.29) is 0 Å². The molecule has 0 amide bonds. The Labute approximate surface area is 394 Å². The third-order valence-corrected chi connectivity index (χ3v) is 14.0. The van der Waals surface area contributed by atoms with Gasteiger partial charge in [0.1, 0.15) is 11.2 Å². The van der Waals surface area contributed by atoms with Crippen LogP contribution in [0, 0.1) is 0 Å². The number of para-hydroxylation sites is 3. The summed E-state index contributed by atoms with van der Waals surface area (Å²) < 4.78 is 15.7. The molecule has 0 aliphatic rings. The van der Waals surface area contributed by atoms with E-state index in [0.29, 0.717) is 17.5 Å². The normalized spacial score (nSPS) is 12.1. The SMILES string of the molecule is c1ccc(-c2nc(-c3ccccc3)nc(-c3ccc4c5ccccc5c5ccc(-n6c7ccccc7c7cc(-c8cccc9c8oc8c9ccc9c%10ccccc%10oc98)ccc76)cc5c4c3)n2)cc1. The second-order valence-corrected chi connectivity index (χ2v) is 17.9. The van der Waals surface area contributed by atoms with Crippen molar-refractivity contribution >= 4 is 98.0 Å². The lowest BCUT2D eigenvalue weighted by molar-refractivity contribution is 0.634. The van der Waals surface area contributed by atoms with Gasteiger partial charge in [-0.25, -0.2) is 15.0 Å². The summed E-state index contributed by atoms with van der Waals surface area (Å²) in [7, 11) is 0. The molecule has 6 heteroatoms. The number of benzene rings is 11. The highest BCUT2D eigenvalue weighted by Gasteiger charge is 2.21. The molecule has 4 aromatic heterocycles. The van der Waals surface area contributed by atoms with Crippen molar-refractivity contribution in [3.05, 3.63) is 218 Å². The maximum absolute atomic E-state index is 6.84. The molecular formula is C63H36N4O2. The Balaban J connectivity index is 0.920. The van der Waals surface area contributed by atoms with Crippen LogP contribution in [0.1, 0.15) is 0 Å². The third-order valence-electron chi connectivity index (χ3n) is 14.0. The second kappa shape index (κ2) is 14.6. The van der Waals surface area contributed by atoms with Crippen LogP contribution in [0.5, 0.6) is 0 Å². The van der Waals surface area contributed by atoms with Gasteiger partial charge in [0.2, 0.25) is 0 Å². The smallest absolute Gasteiger partial charge is 0.178 e. The molecule has 0 saturated carbocycles. The first-order valence-electron chi connectivity index (χ1n) is 23.3. The van der Waals surface area contributed by atoms with Crippen LogP contribution in [0.25, 0.3) is 149 Å². The van der Waals surface area contributed by atoms with Gasteiger partial charge >= 0.3 is 0 Å². The highest BCUT2D eigenvalue weighted by molar-refractivity contribution is 6.26. The van der Waals surface area contributed by atoms with Crippen molar-refractivity contribution < 1.29 is 8.83 Å². The molecule has 0 atom stereocenters. The first kappa shape index (κ1) is 37.8. The van der Waals surface area contributed by atoms with E-state index in [1.165, 1.54) is 32.3 Å². The Bertz CT molecular complexity index is 4550. The Morgan fingerprint density at radius 1 is 0.275 bits per heavy atom. The molecule has 6 nitrogen and oxygen atoms in total. The summed E-state index contributed by atoms with van der Waals surface area (Å²) >= 11 is 0. The van der Waals surface area contributed by atoms with Crippen molar-refractivity contribution in [3.63, 3.8) is 0 Å². The molecule has 0 saturated heterocycles. The van der Waals surface area contributed by atoms with E-state index in [0.717, 1.165) is 99.2 Å². The summed E-state index contributed by atoms with van der Waals surface area (Å²) in [5.74, 6) is 1.90. The van der Waals surface area contributed by atoms with Gasteiger partial charge in [0.15, 0.2) is 28.6 Å². The third kappa shape index (κ3) is 5.69. The fourth-order valence-corrected chi connectivity index (χ4v) is 10.8. The lowest BCUT2D eigenvalue weighted by Crippen LogP contribution is -2.00. The maximum atomic E-state index is 6.84. The lowest BCUT2D eigenvalue weighted by Gasteiger charge is -2.15. The number of nitrogens with zero attached hydrogens (tertiary/aromatic N) is 4. The summed E-state index contributed by atoms with van der Waals surface area (Å²) in [5.41, 5.74) is 11.5. The van der Waals surface area contributed by atoms with Crippen molar-refractivity contribution in [1.82, 2.24) is 19.5 Å². The highest BCUT2D eigenvalue weighted by atomic mass is 16.4. The summed E-state index contributed by atoms with van der Waals surface area (Å²) in [5, 5.41) is 13.7. The molecule has 0 radical (unpaired) electrons. The van der Waals surface area contributed by atoms with Gasteiger partial charge in [-0.05, 0) is 92.5 Å². The van der Waals surface area contributed by atoms with Crippen LogP contribution in [0.2, 0.25) is 0 Å². The quantitative estimate of drug-likeness (QED) is 0.161. The van der Waals surface area contributed by atoms with Crippen LogP contribution in [-0.2, 0) is 0 Å². The number of hydrogen-bond donors (Lipinski definition) is 0. The molecule has 69 heavy (non-hydrogen) atoms. The van der Waals surface area contributed by atoms with Crippen LogP contribution in [0.4, 0.5) is 0 Å². The fraction of sp³-hybridized carbons (Fsp3) is 0. The van der Waals surface area contributed by atoms with Crippen LogP contribution >= 0.6 is 0 Å². The van der Waals surface area contributed by atoms with E-state index in [1.807, 2.05) is 78.9 Å². The molecule has 0 spiro atoms. The summed E-state index contributed by atoms with van der Waals surface area (Å²) in [4.78, 5) is 15.2. The number of hydrogen-bond acceptors (Lipinski definition) is 5. The highest BCUT2D eigenvalue weighted by Crippen LogP contribution is 2.44. The fourth-order valence-electron chi connectivity index (χ4n) is 10.8. The van der Waals surface area contributed by atoms with Crippen molar-refractivity contribution in [3.8, 4) is 51.0 Å². The van der Waals surface area contributed by atoms with E-state index in [1.54, 1.807) is 0 Å². The van der Waals surface area contributed by atoms with Gasteiger partial charge in [-0.3, -0.25) is 0 Å². The zero-order valence-electron chi connectivity index (χ0n) is 36.9. The first-order chi connectivity index (χ1) is 34.2. The minimum absolute atomic E-state index is 0.626. The molecule has 15 rings (SSSR count). The van der Waals surface area contributed by atoms with Gasteiger partial charge in [-0.15, -0.1) is 0 Å². The van der Waals surface area contributed by atoms with Crippen LogP contribution < -0.4 is 0 Å². The molecule has 320 valence electrons. The maximum Gasteiger partial charge on any atom is 0.178 e. The first-order valence-corrected chi connectivity index (χ1v) is 23.3. The van der Waals surface area contributed by atoms with Crippen LogP contribution in [0.15, 0.2) is 227 Å². The van der Waals surface area contributed by atoms with E-state index >= 15 is 0 Å². The average Bonchev–Trinajstić information content (AvgIpc) is 4.11. The predicted molar refractivity (Wildman–Crippen MR) is 283 cm³/mol. The second-order valence-electron chi connectivity index (χ2n) is 17.9. The van der Waals surface area contributed by atoms with Crippen molar-refractivity contribution in [2.45, 2.75) is 0 Å². The average molecular weight is 881 g/mol. The predicted octanol–water partition coefficient (Wildman–Crippen LogP) is 16.9. The summed E-state index contributed by atoms with van der Waals surface area (Å²) in [6.07, 6.45) is 0. The van der Waals surface area contributed by atoms with Gasteiger partial charge in [0.05, 0.1) is 11.0 Å². The monoisotopic (exact) mass is 880 g/mol. The van der Waals surface area contributed by atoms with Crippen molar-refractivity contribution in [2.24, 2.45) is 0 Å². The molecule has 0 aliphatic carbocycles. The molecule has 15 aromatic rings. The molecular weight excluding hydrogens is 845 g/mol. The van der Waals surface area contributed by atoms with Crippen molar-refractivity contribution in [1.29, 1.82) is 0 Å². The number of furan rings is 2. The van der Waals surface area contributed by atoms with Crippen molar-refractivity contribution in [2.75, 3.05) is 0 Å². The summed E-state index contributed by atoms with van der Waals surface area (Å²) in [6, 6.07) is 77.0. The molecule has 0 fully saturated rings. The van der Waals surface area contributed by atoms with E-state index in [4.69, 9.17) is 23.8 Å². The lowest BCUT2D eigenvalue weighted by atomic mass is 9.93. The van der Waals surface area contributed by atoms with Crippen LogP contribution in [-0.4, -0.2) is 19.5 Å². The van der Waals surface area contributed by atoms with E-state index in [9.17, 15) is 0 Å². The molecule has 0 unspecified atom stereocenters. The number of aromatic nitrogens is 4. The van der Waals surface area contributed by atoms with Gasteiger partial charge in [-0.1, -0.05) is 164 Å². The Morgan fingerprint density at radius 2 is 0.768 bits per heavy atom.